The molecule has 138 valence electrons. The van der Waals surface area contributed by atoms with Gasteiger partial charge < -0.3 is 24.6 Å². The monoisotopic (exact) mass is 360 g/mol. The van der Waals surface area contributed by atoms with E-state index >= 15 is 0 Å². The van der Waals surface area contributed by atoms with Gasteiger partial charge in [-0.25, -0.2) is 4.79 Å². The van der Waals surface area contributed by atoms with E-state index in [9.17, 15) is 9.59 Å². The second-order valence-corrected chi connectivity index (χ2v) is 6.86. The summed E-state index contributed by atoms with van der Waals surface area (Å²) >= 11 is 0. The molecule has 2 amide bonds. The summed E-state index contributed by atoms with van der Waals surface area (Å²) in [7, 11) is 0. The van der Waals surface area contributed by atoms with Gasteiger partial charge in [-0.05, 0) is 45.9 Å². The highest BCUT2D eigenvalue weighted by molar-refractivity contribution is 5.99. The standard InChI is InChI=1S/C17H20N4O5/c1-9-18-15(26-21-9)10-5-6-13-11(7-10)19-14(22)12(8-24-13)20-16(23)25-17(2,3)4/h5-7,12H,8H2,1-4H3,(H,19,22)(H,20,23)/t12-/m0/s1. The van der Waals surface area contributed by atoms with Crippen molar-refractivity contribution in [3.8, 4) is 17.2 Å². The molecule has 2 heterocycles. The Labute approximate surface area is 150 Å². The van der Waals surface area contributed by atoms with Crippen molar-refractivity contribution in [3.63, 3.8) is 0 Å². The van der Waals surface area contributed by atoms with E-state index in [0.717, 1.165) is 0 Å². The van der Waals surface area contributed by atoms with Crippen LogP contribution in [0.5, 0.6) is 5.75 Å². The summed E-state index contributed by atoms with van der Waals surface area (Å²) in [5.41, 5.74) is 0.440. The summed E-state index contributed by atoms with van der Waals surface area (Å²) in [6.07, 6.45) is -0.686. The minimum absolute atomic E-state index is 0.0168. The third-order valence-electron chi connectivity index (χ3n) is 3.42. The van der Waals surface area contributed by atoms with Crippen LogP contribution in [0.15, 0.2) is 22.7 Å². The fraction of sp³-hybridized carbons (Fsp3) is 0.412. The van der Waals surface area contributed by atoms with E-state index in [1.54, 1.807) is 45.9 Å². The summed E-state index contributed by atoms with van der Waals surface area (Å²) in [5.74, 6) is 0.921. The number of benzene rings is 1. The number of nitrogens with one attached hydrogen (secondary N) is 2. The van der Waals surface area contributed by atoms with Crippen LogP contribution < -0.4 is 15.4 Å². The molecule has 9 heteroatoms. The van der Waals surface area contributed by atoms with Crippen molar-refractivity contribution in [2.75, 3.05) is 11.9 Å². The Kier molecular flexibility index (Phi) is 4.54. The lowest BCUT2D eigenvalue weighted by atomic mass is 10.2. The molecule has 0 fully saturated rings. The van der Waals surface area contributed by atoms with Crippen LogP contribution >= 0.6 is 0 Å². The van der Waals surface area contributed by atoms with E-state index in [1.807, 2.05) is 0 Å². The lowest BCUT2D eigenvalue weighted by molar-refractivity contribution is -0.118. The fourth-order valence-corrected chi connectivity index (χ4v) is 2.33. The van der Waals surface area contributed by atoms with Gasteiger partial charge in [0.1, 0.15) is 24.0 Å². The van der Waals surface area contributed by atoms with Crippen molar-refractivity contribution in [3.05, 3.63) is 24.0 Å². The number of aromatic nitrogens is 2. The van der Waals surface area contributed by atoms with Gasteiger partial charge in [0.25, 0.3) is 11.8 Å². The maximum atomic E-state index is 12.4. The van der Waals surface area contributed by atoms with Gasteiger partial charge in [0.2, 0.25) is 0 Å². The number of fused-ring (bicyclic) bond motifs is 1. The van der Waals surface area contributed by atoms with Gasteiger partial charge in [0.05, 0.1) is 5.69 Å². The zero-order valence-electron chi connectivity index (χ0n) is 15.0. The van der Waals surface area contributed by atoms with E-state index in [0.29, 0.717) is 28.7 Å². The predicted molar refractivity (Wildman–Crippen MR) is 91.8 cm³/mol. The molecule has 0 spiro atoms. The average molecular weight is 360 g/mol. The van der Waals surface area contributed by atoms with Crippen molar-refractivity contribution in [2.24, 2.45) is 0 Å². The quantitative estimate of drug-likeness (QED) is 0.844. The van der Waals surface area contributed by atoms with Gasteiger partial charge in [-0.15, -0.1) is 0 Å². The lowest BCUT2D eigenvalue weighted by Crippen LogP contribution is -2.48. The van der Waals surface area contributed by atoms with Crippen molar-refractivity contribution >= 4 is 17.7 Å². The molecule has 26 heavy (non-hydrogen) atoms. The number of nitrogens with zero attached hydrogens (tertiary/aromatic N) is 2. The molecule has 0 unspecified atom stereocenters. The topological polar surface area (TPSA) is 116 Å². The summed E-state index contributed by atoms with van der Waals surface area (Å²) in [6, 6.07) is 4.24. The van der Waals surface area contributed by atoms with Crippen LogP contribution in [0.4, 0.5) is 10.5 Å². The number of rotatable bonds is 2. The van der Waals surface area contributed by atoms with Crippen LogP contribution in [-0.4, -0.2) is 40.4 Å². The normalized spacial score (nSPS) is 16.8. The zero-order valence-corrected chi connectivity index (χ0v) is 15.0. The molecule has 0 radical (unpaired) electrons. The van der Waals surface area contributed by atoms with Gasteiger partial charge in [-0.3, -0.25) is 4.79 Å². The molecule has 2 aromatic rings. The molecule has 0 saturated carbocycles. The molecule has 1 aliphatic heterocycles. The highest BCUT2D eigenvalue weighted by atomic mass is 16.6. The number of anilines is 1. The SMILES string of the molecule is Cc1noc(-c2ccc3c(c2)NC(=O)[C@@H](NC(=O)OC(C)(C)C)CO3)n1. The number of alkyl carbamates (subject to hydrolysis) is 1. The maximum absolute atomic E-state index is 12.4. The number of carbonyl (C=O) groups is 2. The smallest absolute Gasteiger partial charge is 0.408 e. The largest absolute Gasteiger partial charge is 0.489 e. The van der Waals surface area contributed by atoms with E-state index < -0.39 is 23.6 Å². The Morgan fingerprint density at radius 1 is 1.38 bits per heavy atom. The predicted octanol–water partition coefficient (Wildman–Crippen LogP) is 2.27. The Bertz CT molecular complexity index is 840. The van der Waals surface area contributed by atoms with E-state index in [1.165, 1.54) is 0 Å². The molecule has 1 aliphatic rings. The van der Waals surface area contributed by atoms with Crippen LogP contribution in [0, 0.1) is 6.92 Å². The number of amides is 2. The number of carbonyl (C=O) groups excluding carboxylic acids is 2. The first-order chi connectivity index (χ1) is 12.2. The zero-order chi connectivity index (χ0) is 18.9. The Balaban J connectivity index is 1.74. The molecule has 3 rings (SSSR count). The van der Waals surface area contributed by atoms with E-state index in [-0.39, 0.29) is 6.61 Å². The molecule has 1 aromatic heterocycles. The molecule has 0 bridgehead atoms. The lowest BCUT2D eigenvalue weighted by Gasteiger charge is -2.22. The number of hydrogen-bond donors (Lipinski definition) is 2. The summed E-state index contributed by atoms with van der Waals surface area (Å²) < 4.78 is 15.9. The first-order valence-corrected chi connectivity index (χ1v) is 8.09. The molecule has 0 aliphatic carbocycles. The fourth-order valence-electron chi connectivity index (χ4n) is 2.33. The van der Waals surface area contributed by atoms with Gasteiger partial charge in [-0.2, -0.15) is 4.98 Å². The third kappa shape index (κ3) is 4.11. The summed E-state index contributed by atoms with van der Waals surface area (Å²) in [4.78, 5) is 28.5. The summed E-state index contributed by atoms with van der Waals surface area (Å²) in [6.45, 7) is 6.93. The number of aryl methyl sites for hydroxylation is 1. The molecular weight excluding hydrogens is 340 g/mol. The van der Waals surface area contributed by atoms with Gasteiger partial charge >= 0.3 is 6.09 Å². The van der Waals surface area contributed by atoms with Crippen molar-refractivity contribution in [1.82, 2.24) is 15.5 Å². The highest BCUT2D eigenvalue weighted by Gasteiger charge is 2.28. The van der Waals surface area contributed by atoms with Crippen molar-refractivity contribution in [2.45, 2.75) is 39.3 Å². The van der Waals surface area contributed by atoms with Crippen molar-refractivity contribution in [1.29, 1.82) is 0 Å². The van der Waals surface area contributed by atoms with Gasteiger partial charge in [-0.1, -0.05) is 5.16 Å². The second-order valence-electron chi connectivity index (χ2n) is 6.86. The third-order valence-corrected chi connectivity index (χ3v) is 3.42. The minimum atomic E-state index is -0.883. The minimum Gasteiger partial charge on any atom is -0.489 e. The van der Waals surface area contributed by atoms with E-state index in [2.05, 4.69) is 20.8 Å². The highest BCUT2D eigenvalue weighted by Crippen LogP contribution is 2.31. The maximum Gasteiger partial charge on any atom is 0.408 e. The molecule has 1 atom stereocenters. The van der Waals surface area contributed by atoms with Crippen LogP contribution in [0.2, 0.25) is 0 Å². The number of hydrogen-bond acceptors (Lipinski definition) is 7. The molecule has 9 nitrogen and oxygen atoms in total. The second kappa shape index (κ2) is 6.66. The Morgan fingerprint density at radius 3 is 2.81 bits per heavy atom. The first kappa shape index (κ1) is 17.7. The molecular formula is C17H20N4O5. The van der Waals surface area contributed by atoms with E-state index in [4.69, 9.17) is 14.0 Å². The Hall–Kier alpha value is -3.10. The number of ether oxygens (including phenoxy) is 2. The van der Waals surface area contributed by atoms with Crippen LogP contribution in [0.25, 0.3) is 11.5 Å². The van der Waals surface area contributed by atoms with Gasteiger partial charge in [0, 0.05) is 5.56 Å². The van der Waals surface area contributed by atoms with Crippen LogP contribution in [0.3, 0.4) is 0 Å². The molecule has 1 aromatic carbocycles. The van der Waals surface area contributed by atoms with Crippen LogP contribution in [-0.2, 0) is 9.53 Å². The average Bonchev–Trinajstić information content (AvgIpc) is 2.90. The first-order valence-electron chi connectivity index (χ1n) is 8.09. The van der Waals surface area contributed by atoms with Crippen molar-refractivity contribution < 1.29 is 23.6 Å². The molecule has 0 saturated heterocycles. The summed E-state index contributed by atoms with van der Waals surface area (Å²) in [5, 5.41) is 8.99. The van der Waals surface area contributed by atoms with Crippen LogP contribution in [0.1, 0.15) is 26.6 Å². The Morgan fingerprint density at radius 2 is 2.15 bits per heavy atom. The molecule has 2 N–H and O–H groups in total. The van der Waals surface area contributed by atoms with Gasteiger partial charge in [0.15, 0.2) is 5.82 Å².